The van der Waals surface area contributed by atoms with Gasteiger partial charge in [0.15, 0.2) is 0 Å². The van der Waals surface area contributed by atoms with Gasteiger partial charge in [-0.3, -0.25) is 9.69 Å². The number of hydrogen-bond donors (Lipinski definition) is 1. The quantitative estimate of drug-likeness (QED) is 0.288. The normalized spacial score (nSPS) is 16.6. The van der Waals surface area contributed by atoms with Crippen LogP contribution in [0.4, 0.5) is 0 Å². The molecule has 44 heavy (non-hydrogen) atoms. The van der Waals surface area contributed by atoms with Crippen molar-refractivity contribution >= 4 is 29.5 Å². The third-order valence-electron chi connectivity index (χ3n) is 8.35. The van der Waals surface area contributed by atoms with E-state index < -0.39 is 5.97 Å². The second-order valence-electron chi connectivity index (χ2n) is 16.4. The first-order chi connectivity index (χ1) is 20.0. The van der Waals surface area contributed by atoms with E-state index in [1.54, 1.807) is 14.2 Å². The Balaban J connectivity index is 2.22. The van der Waals surface area contributed by atoms with Crippen LogP contribution in [0.25, 0.3) is 0 Å². The van der Waals surface area contributed by atoms with Crippen molar-refractivity contribution in [2.45, 2.75) is 131 Å². The second kappa shape index (κ2) is 13.1. The maximum Gasteiger partial charge on any atom is 0.317 e. The standard InChI is InChI=1S/C37H57NO4S2/c1-33(2,3)26-19-24(20-27(31(26)41-13)34(4,5)6)43-37(15-17-38(18-16-37)23-30(39)40)44-25-21-28(35(7,8)9)32(42-14)29(22-25)36(10,11)12/h19-22H,15-18,23H2,1-14H3,(H,39,40). The molecule has 246 valence electrons. The van der Waals surface area contributed by atoms with Crippen LogP contribution in [-0.4, -0.2) is 53.9 Å². The molecule has 0 spiro atoms. The van der Waals surface area contributed by atoms with Gasteiger partial charge in [-0.1, -0.05) is 83.1 Å². The van der Waals surface area contributed by atoms with E-state index in [-0.39, 0.29) is 32.3 Å². The fourth-order valence-electron chi connectivity index (χ4n) is 5.89. The van der Waals surface area contributed by atoms with Crippen molar-refractivity contribution in [1.82, 2.24) is 4.90 Å². The van der Waals surface area contributed by atoms with Crippen LogP contribution in [0.2, 0.25) is 0 Å². The van der Waals surface area contributed by atoms with E-state index >= 15 is 0 Å². The van der Waals surface area contributed by atoms with Crippen LogP contribution in [0, 0.1) is 0 Å². The van der Waals surface area contributed by atoms with Crippen molar-refractivity contribution in [2.24, 2.45) is 0 Å². The van der Waals surface area contributed by atoms with Gasteiger partial charge in [0.25, 0.3) is 0 Å². The summed E-state index contributed by atoms with van der Waals surface area (Å²) in [5.74, 6) is 1.19. The van der Waals surface area contributed by atoms with Crippen LogP contribution in [-0.2, 0) is 26.5 Å². The zero-order valence-electron chi connectivity index (χ0n) is 29.8. The highest BCUT2D eigenvalue weighted by Gasteiger charge is 2.39. The number of carboxylic acid groups (broad SMARTS) is 1. The molecule has 1 aliphatic rings. The van der Waals surface area contributed by atoms with Crippen LogP contribution < -0.4 is 9.47 Å². The van der Waals surface area contributed by atoms with Crippen LogP contribution in [0.5, 0.6) is 11.5 Å². The number of rotatable bonds is 8. The molecule has 0 unspecified atom stereocenters. The molecule has 1 saturated heterocycles. The Labute approximate surface area is 276 Å². The van der Waals surface area contributed by atoms with Crippen molar-refractivity contribution in [2.75, 3.05) is 33.9 Å². The third-order valence-corrected chi connectivity index (χ3v) is 11.4. The highest BCUT2D eigenvalue weighted by molar-refractivity contribution is 8.18. The van der Waals surface area contributed by atoms with Gasteiger partial charge in [-0.2, -0.15) is 0 Å². The SMILES string of the molecule is COc1c(C(C)(C)C)cc(SC2(Sc3cc(C(C)(C)C)c(OC)c(C(C)(C)C)c3)CCN(CC(=O)O)CC2)cc1C(C)(C)C. The molecule has 1 fully saturated rings. The number of carboxylic acids is 1. The third kappa shape index (κ3) is 8.70. The summed E-state index contributed by atoms with van der Waals surface area (Å²) in [5, 5.41) is 9.52. The maximum absolute atomic E-state index is 11.6. The molecule has 1 aliphatic heterocycles. The molecule has 0 amide bonds. The zero-order chi connectivity index (χ0) is 33.5. The zero-order valence-corrected chi connectivity index (χ0v) is 31.4. The van der Waals surface area contributed by atoms with Gasteiger partial charge in [-0.15, -0.1) is 23.5 Å². The van der Waals surface area contributed by atoms with Crippen molar-refractivity contribution in [3.8, 4) is 11.5 Å². The first-order valence-corrected chi connectivity index (χ1v) is 17.4. The van der Waals surface area contributed by atoms with E-state index in [1.165, 1.54) is 32.0 Å². The molecule has 1 heterocycles. The minimum Gasteiger partial charge on any atom is -0.496 e. The Bertz CT molecular complexity index is 1170. The van der Waals surface area contributed by atoms with E-state index in [1.807, 2.05) is 23.5 Å². The molecular weight excluding hydrogens is 587 g/mol. The Morgan fingerprint density at radius 2 is 0.977 bits per heavy atom. The Hall–Kier alpha value is -1.83. The fraction of sp³-hybridized carbons (Fsp3) is 0.649. The summed E-state index contributed by atoms with van der Waals surface area (Å²) in [7, 11) is 3.57. The maximum atomic E-state index is 11.6. The van der Waals surface area contributed by atoms with Gasteiger partial charge in [0, 0.05) is 45.1 Å². The molecule has 3 rings (SSSR count). The lowest BCUT2D eigenvalue weighted by molar-refractivity contribution is -0.138. The predicted molar refractivity (Wildman–Crippen MR) is 189 cm³/mol. The molecule has 0 aromatic heterocycles. The second-order valence-corrected chi connectivity index (χ2v) is 19.6. The molecule has 7 heteroatoms. The van der Waals surface area contributed by atoms with E-state index in [0.29, 0.717) is 0 Å². The lowest BCUT2D eigenvalue weighted by Gasteiger charge is -2.41. The van der Waals surface area contributed by atoms with E-state index in [9.17, 15) is 9.90 Å². The number of piperidine rings is 1. The average Bonchev–Trinajstić information content (AvgIpc) is 2.87. The largest absolute Gasteiger partial charge is 0.496 e. The number of thioether (sulfide) groups is 2. The molecule has 0 bridgehead atoms. The van der Waals surface area contributed by atoms with Crippen LogP contribution in [0.15, 0.2) is 34.1 Å². The summed E-state index contributed by atoms with van der Waals surface area (Å²) in [6.07, 6.45) is 1.75. The molecular formula is C37H57NO4S2. The highest BCUT2D eigenvalue weighted by Crippen LogP contribution is 2.55. The summed E-state index contributed by atoms with van der Waals surface area (Å²) in [4.78, 5) is 16.1. The molecule has 0 saturated carbocycles. The number of likely N-dealkylation sites (tertiary alicyclic amines) is 1. The fourth-order valence-corrected chi connectivity index (χ4v) is 8.97. The molecule has 5 nitrogen and oxygen atoms in total. The number of aliphatic carboxylic acids is 1. The molecule has 2 aromatic rings. The van der Waals surface area contributed by atoms with Crippen molar-refractivity contribution in [3.05, 3.63) is 46.5 Å². The Morgan fingerprint density at radius 1 is 0.682 bits per heavy atom. The predicted octanol–water partition coefficient (Wildman–Crippen LogP) is 9.65. The summed E-state index contributed by atoms with van der Waals surface area (Å²) in [6, 6.07) is 9.33. The molecule has 0 aliphatic carbocycles. The monoisotopic (exact) mass is 643 g/mol. The van der Waals surface area contributed by atoms with Crippen LogP contribution >= 0.6 is 23.5 Å². The summed E-state index contributed by atoms with van der Waals surface area (Å²) in [5.41, 5.74) is 4.50. The van der Waals surface area contributed by atoms with Crippen molar-refractivity contribution < 1.29 is 19.4 Å². The number of benzene rings is 2. The number of ether oxygens (including phenoxy) is 2. The molecule has 1 N–H and O–H groups in total. The van der Waals surface area contributed by atoms with Gasteiger partial charge in [0.2, 0.25) is 0 Å². The number of hydrogen-bond acceptors (Lipinski definition) is 6. The van der Waals surface area contributed by atoms with Gasteiger partial charge >= 0.3 is 5.97 Å². The molecule has 2 aromatic carbocycles. The Morgan fingerprint density at radius 3 is 1.20 bits per heavy atom. The minimum absolute atomic E-state index is 0.0845. The first kappa shape index (κ1) is 36.6. The van der Waals surface area contributed by atoms with Crippen molar-refractivity contribution in [3.63, 3.8) is 0 Å². The summed E-state index contributed by atoms with van der Waals surface area (Å²) >= 11 is 3.89. The summed E-state index contributed by atoms with van der Waals surface area (Å²) in [6.45, 7) is 28.6. The number of carbonyl (C=O) groups is 1. The van der Waals surface area contributed by atoms with Gasteiger partial charge in [0.05, 0.1) is 24.8 Å². The molecule has 0 radical (unpaired) electrons. The van der Waals surface area contributed by atoms with Crippen LogP contribution in [0.1, 0.15) is 118 Å². The number of nitrogens with zero attached hydrogens (tertiary/aromatic N) is 1. The lowest BCUT2D eigenvalue weighted by atomic mass is 9.79. The minimum atomic E-state index is -0.766. The number of methoxy groups -OCH3 is 2. The van der Waals surface area contributed by atoms with Crippen LogP contribution in [0.3, 0.4) is 0 Å². The topological polar surface area (TPSA) is 59.0 Å². The van der Waals surface area contributed by atoms with Gasteiger partial charge < -0.3 is 14.6 Å². The van der Waals surface area contributed by atoms with Gasteiger partial charge in [-0.05, 0) is 58.8 Å². The van der Waals surface area contributed by atoms with Gasteiger partial charge in [-0.25, -0.2) is 0 Å². The van der Waals surface area contributed by atoms with E-state index in [4.69, 9.17) is 9.47 Å². The van der Waals surface area contributed by atoms with E-state index in [0.717, 1.165) is 37.4 Å². The van der Waals surface area contributed by atoms with Crippen molar-refractivity contribution in [1.29, 1.82) is 0 Å². The smallest absolute Gasteiger partial charge is 0.317 e. The summed E-state index contributed by atoms with van der Waals surface area (Å²) < 4.78 is 12.0. The molecule has 0 atom stereocenters. The van der Waals surface area contributed by atoms with Gasteiger partial charge in [0.1, 0.15) is 11.5 Å². The highest BCUT2D eigenvalue weighted by atomic mass is 32.2. The Kier molecular flexibility index (Phi) is 10.9. The van der Waals surface area contributed by atoms with E-state index in [2.05, 4.69) is 112 Å². The average molecular weight is 644 g/mol. The lowest BCUT2D eigenvalue weighted by Crippen LogP contribution is -2.42. The first-order valence-electron chi connectivity index (χ1n) is 15.8.